The lowest BCUT2D eigenvalue weighted by atomic mass is 9.96. The average Bonchev–Trinajstić information content (AvgIpc) is 2.61. The molecule has 2 heterocycles. The molecule has 1 aromatic carbocycles. The molecule has 1 aromatic heterocycles. The summed E-state index contributed by atoms with van der Waals surface area (Å²) in [5, 5.41) is 3.09. The number of rotatable bonds is 4. The molecule has 1 saturated heterocycles. The molecule has 1 amide bonds. The first-order valence-corrected chi connectivity index (χ1v) is 8.99. The molecule has 1 aliphatic heterocycles. The molecule has 1 fully saturated rings. The van der Waals surface area contributed by atoms with Gasteiger partial charge in [-0.2, -0.15) is 0 Å². The van der Waals surface area contributed by atoms with E-state index in [0.29, 0.717) is 5.92 Å². The van der Waals surface area contributed by atoms with Crippen molar-refractivity contribution in [3.05, 3.63) is 57.9 Å². The molecular formula is C18H20IN3O. The molecular weight excluding hydrogens is 401 g/mol. The van der Waals surface area contributed by atoms with E-state index in [1.807, 2.05) is 36.7 Å². The van der Waals surface area contributed by atoms with E-state index in [1.165, 1.54) is 5.69 Å². The molecule has 120 valence electrons. The van der Waals surface area contributed by atoms with Crippen LogP contribution in [-0.2, 0) is 0 Å². The Bertz CT molecular complexity index is 654. The van der Waals surface area contributed by atoms with E-state index in [0.717, 1.165) is 41.6 Å². The number of carbonyl (C=O) groups is 1. The van der Waals surface area contributed by atoms with Gasteiger partial charge in [-0.25, -0.2) is 0 Å². The number of halogens is 1. The molecule has 23 heavy (non-hydrogen) atoms. The largest absolute Gasteiger partial charge is 0.371 e. The number of nitrogens with one attached hydrogen (secondary N) is 1. The van der Waals surface area contributed by atoms with Gasteiger partial charge in [0.2, 0.25) is 0 Å². The zero-order valence-corrected chi connectivity index (χ0v) is 15.1. The second kappa shape index (κ2) is 7.77. The molecule has 3 rings (SSSR count). The Morgan fingerprint density at radius 2 is 1.87 bits per heavy atom. The fourth-order valence-corrected chi connectivity index (χ4v) is 3.56. The van der Waals surface area contributed by atoms with Gasteiger partial charge < -0.3 is 10.2 Å². The molecule has 4 nitrogen and oxygen atoms in total. The van der Waals surface area contributed by atoms with Crippen LogP contribution in [0, 0.1) is 9.49 Å². The molecule has 0 aliphatic carbocycles. The minimum Gasteiger partial charge on any atom is -0.371 e. The first kappa shape index (κ1) is 16.2. The van der Waals surface area contributed by atoms with Gasteiger partial charge in [0.25, 0.3) is 5.91 Å². The molecule has 0 bridgehead atoms. The van der Waals surface area contributed by atoms with E-state index >= 15 is 0 Å². The summed E-state index contributed by atoms with van der Waals surface area (Å²) in [5.74, 6) is 0.588. The van der Waals surface area contributed by atoms with Gasteiger partial charge in [0.1, 0.15) is 0 Å². The Balaban J connectivity index is 1.48. The standard InChI is InChI=1S/C18H20IN3O/c19-17-4-2-1-3-16(17)18(23)21-13-14-7-11-22(12-8-14)15-5-9-20-10-6-15/h1-6,9-10,14H,7-8,11-13H2,(H,21,23). The second-order valence-corrected chi connectivity index (χ2v) is 6.99. The normalized spacial score (nSPS) is 15.4. The quantitative estimate of drug-likeness (QED) is 0.771. The number of aromatic nitrogens is 1. The number of pyridine rings is 1. The second-order valence-electron chi connectivity index (χ2n) is 5.83. The van der Waals surface area contributed by atoms with Gasteiger partial charge in [-0.05, 0) is 65.6 Å². The van der Waals surface area contributed by atoms with Gasteiger partial charge in [-0.3, -0.25) is 9.78 Å². The topological polar surface area (TPSA) is 45.2 Å². The van der Waals surface area contributed by atoms with Gasteiger partial charge >= 0.3 is 0 Å². The first-order valence-electron chi connectivity index (χ1n) is 7.92. The third-order valence-electron chi connectivity index (χ3n) is 4.31. The first-order chi connectivity index (χ1) is 11.2. The molecule has 0 spiro atoms. The number of piperidine rings is 1. The lowest BCUT2D eigenvalue weighted by Crippen LogP contribution is -2.38. The predicted molar refractivity (Wildman–Crippen MR) is 101 cm³/mol. The van der Waals surface area contributed by atoms with E-state index < -0.39 is 0 Å². The maximum atomic E-state index is 12.3. The van der Waals surface area contributed by atoms with Crippen molar-refractivity contribution in [1.29, 1.82) is 0 Å². The molecule has 0 radical (unpaired) electrons. The lowest BCUT2D eigenvalue weighted by molar-refractivity contribution is 0.0944. The summed E-state index contributed by atoms with van der Waals surface area (Å²) in [6.45, 7) is 2.83. The summed E-state index contributed by atoms with van der Waals surface area (Å²) in [6, 6.07) is 11.8. The van der Waals surface area contributed by atoms with Gasteiger partial charge in [0.15, 0.2) is 0 Å². The van der Waals surface area contributed by atoms with Gasteiger partial charge in [0.05, 0.1) is 5.56 Å². The summed E-state index contributed by atoms with van der Waals surface area (Å²) in [6.07, 6.45) is 5.88. The molecule has 5 heteroatoms. The highest BCUT2D eigenvalue weighted by atomic mass is 127. The summed E-state index contributed by atoms with van der Waals surface area (Å²) < 4.78 is 0.995. The highest BCUT2D eigenvalue weighted by Crippen LogP contribution is 2.22. The lowest BCUT2D eigenvalue weighted by Gasteiger charge is -2.33. The summed E-state index contributed by atoms with van der Waals surface area (Å²) in [5.41, 5.74) is 2.00. The van der Waals surface area contributed by atoms with E-state index in [4.69, 9.17) is 0 Å². The summed E-state index contributed by atoms with van der Waals surface area (Å²) in [4.78, 5) is 18.7. The number of hydrogen-bond acceptors (Lipinski definition) is 3. The number of benzene rings is 1. The van der Waals surface area contributed by atoms with Crippen molar-refractivity contribution in [2.24, 2.45) is 5.92 Å². The van der Waals surface area contributed by atoms with Crippen LogP contribution in [0.25, 0.3) is 0 Å². The number of nitrogens with zero attached hydrogens (tertiary/aromatic N) is 2. The molecule has 1 aliphatic rings. The van der Waals surface area contributed by atoms with Crippen LogP contribution in [0.4, 0.5) is 5.69 Å². The van der Waals surface area contributed by atoms with Crippen molar-refractivity contribution in [3.8, 4) is 0 Å². The smallest absolute Gasteiger partial charge is 0.252 e. The van der Waals surface area contributed by atoms with Gasteiger partial charge in [0, 0.05) is 41.3 Å². The molecule has 0 unspecified atom stereocenters. The van der Waals surface area contributed by atoms with Crippen LogP contribution in [0.1, 0.15) is 23.2 Å². The molecule has 1 N–H and O–H groups in total. The summed E-state index contributed by atoms with van der Waals surface area (Å²) >= 11 is 2.21. The number of hydrogen-bond donors (Lipinski definition) is 1. The summed E-state index contributed by atoms with van der Waals surface area (Å²) in [7, 11) is 0. The fourth-order valence-electron chi connectivity index (χ4n) is 2.93. The Morgan fingerprint density at radius 3 is 2.57 bits per heavy atom. The highest BCUT2D eigenvalue weighted by Gasteiger charge is 2.20. The van der Waals surface area contributed by atoms with Crippen LogP contribution in [-0.4, -0.2) is 30.5 Å². The number of anilines is 1. The van der Waals surface area contributed by atoms with E-state index in [1.54, 1.807) is 0 Å². The van der Waals surface area contributed by atoms with Crippen LogP contribution in [0.15, 0.2) is 48.8 Å². The Hall–Kier alpha value is -1.63. The monoisotopic (exact) mass is 421 g/mol. The SMILES string of the molecule is O=C(NCC1CCN(c2ccncc2)CC1)c1ccccc1I. The number of amides is 1. The van der Waals surface area contributed by atoms with Crippen LogP contribution in [0.5, 0.6) is 0 Å². The Labute approximate surface area is 150 Å². The van der Waals surface area contributed by atoms with Gasteiger partial charge in [-0.1, -0.05) is 12.1 Å². The van der Waals surface area contributed by atoms with Crippen molar-refractivity contribution in [2.45, 2.75) is 12.8 Å². The van der Waals surface area contributed by atoms with E-state index in [-0.39, 0.29) is 5.91 Å². The molecule has 0 saturated carbocycles. The maximum Gasteiger partial charge on any atom is 0.252 e. The maximum absolute atomic E-state index is 12.3. The average molecular weight is 421 g/mol. The fraction of sp³-hybridized carbons (Fsp3) is 0.333. The van der Waals surface area contributed by atoms with Crippen LogP contribution < -0.4 is 10.2 Å². The van der Waals surface area contributed by atoms with Crippen LogP contribution in [0.3, 0.4) is 0 Å². The van der Waals surface area contributed by atoms with Crippen molar-refractivity contribution >= 4 is 34.2 Å². The third-order valence-corrected chi connectivity index (χ3v) is 5.25. The zero-order chi connectivity index (χ0) is 16.1. The van der Waals surface area contributed by atoms with Crippen LogP contribution >= 0.6 is 22.6 Å². The van der Waals surface area contributed by atoms with Crippen molar-refractivity contribution in [2.75, 3.05) is 24.5 Å². The van der Waals surface area contributed by atoms with Crippen molar-refractivity contribution in [3.63, 3.8) is 0 Å². The molecule has 0 atom stereocenters. The van der Waals surface area contributed by atoms with Crippen molar-refractivity contribution in [1.82, 2.24) is 10.3 Å². The minimum absolute atomic E-state index is 0.0339. The predicted octanol–water partition coefficient (Wildman–Crippen LogP) is 3.33. The van der Waals surface area contributed by atoms with Crippen molar-refractivity contribution < 1.29 is 4.79 Å². The van der Waals surface area contributed by atoms with E-state index in [9.17, 15) is 4.79 Å². The number of carbonyl (C=O) groups excluding carboxylic acids is 1. The Kier molecular flexibility index (Phi) is 5.48. The Morgan fingerprint density at radius 1 is 1.17 bits per heavy atom. The van der Waals surface area contributed by atoms with Gasteiger partial charge in [-0.15, -0.1) is 0 Å². The minimum atomic E-state index is 0.0339. The molecule has 2 aromatic rings. The van der Waals surface area contributed by atoms with E-state index in [2.05, 4.69) is 49.9 Å². The zero-order valence-electron chi connectivity index (χ0n) is 12.9. The van der Waals surface area contributed by atoms with Crippen LogP contribution in [0.2, 0.25) is 0 Å². The third kappa shape index (κ3) is 4.22. The highest BCUT2D eigenvalue weighted by molar-refractivity contribution is 14.1.